The molecule has 3 rings (SSSR count). The van der Waals surface area contributed by atoms with Gasteiger partial charge in [-0.1, -0.05) is 30.3 Å². The molecule has 134 valence electrons. The van der Waals surface area contributed by atoms with E-state index in [9.17, 15) is 14.4 Å². The number of esters is 2. The van der Waals surface area contributed by atoms with Crippen molar-refractivity contribution in [2.24, 2.45) is 17.3 Å². The average Bonchev–Trinajstić information content (AvgIpc) is 2.58. The van der Waals surface area contributed by atoms with Gasteiger partial charge in [-0.05, 0) is 31.7 Å². The number of ether oxygens (including phenoxy) is 2. The van der Waals surface area contributed by atoms with Gasteiger partial charge in [0.15, 0.2) is 5.41 Å². The molecule has 1 aromatic carbocycles. The van der Waals surface area contributed by atoms with E-state index in [2.05, 4.69) is 5.32 Å². The van der Waals surface area contributed by atoms with Gasteiger partial charge in [-0.25, -0.2) is 0 Å². The Labute approximate surface area is 146 Å². The molecule has 1 aliphatic carbocycles. The van der Waals surface area contributed by atoms with E-state index in [1.54, 1.807) is 13.8 Å². The van der Waals surface area contributed by atoms with Crippen molar-refractivity contribution in [3.8, 4) is 0 Å². The van der Waals surface area contributed by atoms with Gasteiger partial charge in [0, 0.05) is 12.5 Å². The molecule has 1 aromatic rings. The summed E-state index contributed by atoms with van der Waals surface area (Å²) in [6.07, 6.45) is 0.719. The van der Waals surface area contributed by atoms with Crippen molar-refractivity contribution in [3.05, 3.63) is 35.9 Å². The fraction of sp³-hybridized carbons (Fsp3) is 0.526. The summed E-state index contributed by atoms with van der Waals surface area (Å²) in [7, 11) is 0. The Hall–Kier alpha value is -2.37. The van der Waals surface area contributed by atoms with Gasteiger partial charge in [-0.2, -0.15) is 0 Å². The van der Waals surface area contributed by atoms with Crippen LogP contribution in [0.2, 0.25) is 0 Å². The summed E-state index contributed by atoms with van der Waals surface area (Å²) in [5.41, 5.74) is -0.748. The zero-order valence-electron chi connectivity index (χ0n) is 14.5. The molecule has 1 heterocycles. The summed E-state index contributed by atoms with van der Waals surface area (Å²) >= 11 is 0. The molecule has 25 heavy (non-hydrogen) atoms. The molecule has 1 saturated heterocycles. The molecular formula is C19H23NO5. The highest BCUT2D eigenvalue weighted by molar-refractivity contribution is 6.08. The number of hydrogen-bond acceptors (Lipinski definition) is 5. The van der Waals surface area contributed by atoms with Crippen molar-refractivity contribution in [1.82, 2.24) is 5.32 Å². The maximum Gasteiger partial charge on any atom is 0.324 e. The minimum atomic E-state index is -1.61. The lowest BCUT2D eigenvalue weighted by atomic mass is 9.43. The first-order valence-electron chi connectivity index (χ1n) is 8.76. The quantitative estimate of drug-likeness (QED) is 0.648. The highest BCUT2D eigenvalue weighted by atomic mass is 16.6. The van der Waals surface area contributed by atoms with E-state index < -0.39 is 29.2 Å². The average molecular weight is 345 g/mol. The van der Waals surface area contributed by atoms with Crippen LogP contribution in [0, 0.1) is 17.3 Å². The second-order valence-electron chi connectivity index (χ2n) is 6.42. The van der Waals surface area contributed by atoms with Gasteiger partial charge in [0.05, 0.1) is 19.1 Å². The van der Waals surface area contributed by atoms with E-state index in [1.165, 1.54) is 0 Å². The summed E-state index contributed by atoms with van der Waals surface area (Å²) in [6.45, 7) is 4.20. The summed E-state index contributed by atoms with van der Waals surface area (Å²) in [6, 6.07) is 9.39. The lowest BCUT2D eigenvalue weighted by molar-refractivity contribution is -0.204. The second-order valence-corrected chi connectivity index (χ2v) is 6.42. The van der Waals surface area contributed by atoms with Gasteiger partial charge in [0.2, 0.25) is 5.91 Å². The van der Waals surface area contributed by atoms with Crippen LogP contribution in [0.5, 0.6) is 0 Å². The number of fused-ring (bicyclic) bond motifs is 1. The molecule has 1 N–H and O–H groups in total. The zero-order valence-corrected chi connectivity index (χ0v) is 14.5. The van der Waals surface area contributed by atoms with Gasteiger partial charge >= 0.3 is 11.9 Å². The summed E-state index contributed by atoms with van der Waals surface area (Å²) < 4.78 is 10.5. The van der Waals surface area contributed by atoms with Crippen molar-refractivity contribution in [3.63, 3.8) is 0 Å². The van der Waals surface area contributed by atoms with Gasteiger partial charge in [-0.15, -0.1) is 0 Å². The molecule has 0 unspecified atom stereocenters. The van der Waals surface area contributed by atoms with Crippen molar-refractivity contribution >= 4 is 17.8 Å². The molecule has 2 aliphatic rings. The van der Waals surface area contributed by atoms with Crippen LogP contribution in [0.3, 0.4) is 0 Å². The Morgan fingerprint density at radius 3 is 2.24 bits per heavy atom. The maximum atomic E-state index is 12.9. The number of nitrogens with one attached hydrogen (secondary N) is 1. The molecule has 1 saturated carbocycles. The normalized spacial score (nSPS) is 26.6. The van der Waals surface area contributed by atoms with E-state index in [4.69, 9.17) is 9.47 Å². The van der Waals surface area contributed by atoms with Gasteiger partial charge in [0.1, 0.15) is 0 Å². The summed E-state index contributed by atoms with van der Waals surface area (Å²) in [4.78, 5) is 38.4. The first kappa shape index (κ1) is 17.5. The van der Waals surface area contributed by atoms with Crippen molar-refractivity contribution in [2.45, 2.75) is 26.2 Å². The predicted octanol–water partition coefficient (Wildman–Crippen LogP) is 1.65. The molecule has 1 aliphatic heterocycles. The third-order valence-corrected chi connectivity index (χ3v) is 5.28. The standard InChI is InChI=1S/C19H23NO5/c1-3-24-17(22)19(18(23)25-4-2)14(12-8-6-5-7-9-12)13-10-11-20-16(21)15(13)19/h5-9,13-15H,3-4,10-11H2,1-2H3,(H,20,21)/t13-,14-,15-/m1/s1. The number of rotatable bonds is 5. The minimum absolute atomic E-state index is 0.0787. The molecule has 0 bridgehead atoms. The van der Waals surface area contributed by atoms with Crippen molar-refractivity contribution < 1.29 is 23.9 Å². The van der Waals surface area contributed by atoms with Crippen LogP contribution in [0.1, 0.15) is 31.7 Å². The molecule has 2 fully saturated rings. The van der Waals surface area contributed by atoms with Crippen LogP contribution >= 0.6 is 0 Å². The lowest BCUT2D eigenvalue weighted by Crippen LogP contribution is -2.70. The third kappa shape index (κ3) is 2.51. The fourth-order valence-corrected chi connectivity index (χ4v) is 4.41. The highest BCUT2D eigenvalue weighted by Gasteiger charge is 2.75. The Morgan fingerprint density at radius 1 is 1.08 bits per heavy atom. The van der Waals surface area contributed by atoms with Crippen LogP contribution in [-0.2, 0) is 23.9 Å². The van der Waals surface area contributed by atoms with E-state index >= 15 is 0 Å². The second kappa shape index (κ2) is 6.86. The Balaban J connectivity index is 2.13. The van der Waals surface area contributed by atoms with Crippen LogP contribution in [0.15, 0.2) is 30.3 Å². The first-order valence-corrected chi connectivity index (χ1v) is 8.76. The van der Waals surface area contributed by atoms with E-state index in [0.29, 0.717) is 6.54 Å². The van der Waals surface area contributed by atoms with Gasteiger partial charge in [0.25, 0.3) is 0 Å². The van der Waals surface area contributed by atoms with Gasteiger partial charge in [-0.3, -0.25) is 14.4 Å². The van der Waals surface area contributed by atoms with Crippen molar-refractivity contribution in [1.29, 1.82) is 0 Å². The van der Waals surface area contributed by atoms with E-state index in [-0.39, 0.29) is 25.0 Å². The monoisotopic (exact) mass is 345 g/mol. The fourth-order valence-electron chi connectivity index (χ4n) is 4.41. The molecule has 1 amide bonds. The molecule has 0 aromatic heterocycles. The molecule has 3 atom stereocenters. The number of hydrogen-bond donors (Lipinski definition) is 1. The lowest BCUT2D eigenvalue weighted by Gasteiger charge is -2.58. The van der Waals surface area contributed by atoms with E-state index in [0.717, 1.165) is 12.0 Å². The largest absolute Gasteiger partial charge is 0.465 e. The molecule has 6 heteroatoms. The van der Waals surface area contributed by atoms with Crippen LogP contribution in [0.4, 0.5) is 0 Å². The van der Waals surface area contributed by atoms with E-state index in [1.807, 2.05) is 30.3 Å². The van der Waals surface area contributed by atoms with Crippen LogP contribution in [0.25, 0.3) is 0 Å². The zero-order chi connectivity index (χ0) is 18.0. The highest BCUT2D eigenvalue weighted by Crippen LogP contribution is 2.64. The number of carbonyl (C=O) groups is 3. The summed E-state index contributed by atoms with van der Waals surface area (Å²) in [5, 5.41) is 2.78. The smallest absolute Gasteiger partial charge is 0.324 e. The molecule has 0 spiro atoms. The number of amides is 1. The maximum absolute atomic E-state index is 12.9. The Morgan fingerprint density at radius 2 is 1.68 bits per heavy atom. The Bertz CT molecular complexity index is 654. The first-order chi connectivity index (χ1) is 12.1. The SMILES string of the molecule is CCOC(=O)C1(C(=O)OCC)[C@H](c2ccccc2)[C@H]2CCNC(=O)[C@@H]21. The third-order valence-electron chi connectivity index (χ3n) is 5.28. The number of carbonyl (C=O) groups excluding carboxylic acids is 3. The predicted molar refractivity (Wildman–Crippen MR) is 89.5 cm³/mol. The van der Waals surface area contributed by atoms with Gasteiger partial charge < -0.3 is 14.8 Å². The number of piperidine rings is 1. The number of benzene rings is 1. The molecule has 0 radical (unpaired) electrons. The minimum Gasteiger partial charge on any atom is -0.465 e. The Kier molecular flexibility index (Phi) is 4.79. The van der Waals surface area contributed by atoms with Crippen molar-refractivity contribution in [2.75, 3.05) is 19.8 Å². The topological polar surface area (TPSA) is 81.7 Å². The van der Waals surface area contributed by atoms with Crippen LogP contribution in [-0.4, -0.2) is 37.6 Å². The van der Waals surface area contributed by atoms with Crippen LogP contribution < -0.4 is 5.32 Å². The summed E-state index contributed by atoms with van der Waals surface area (Å²) in [5.74, 6) is -2.84. The molecule has 6 nitrogen and oxygen atoms in total. The molecular weight excluding hydrogens is 322 g/mol.